The highest BCUT2D eigenvalue weighted by atomic mass is 28.3. The molecular weight excluding hydrogens is 324 g/mol. The van der Waals surface area contributed by atoms with Gasteiger partial charge >= 0.3 is 0 Å². The molecule has 25 heavy (non-hydrogen) atoms. The molecule has 0 bridgehead atoms. The molecule has 0 atom stereocenters. The van der Waals surface area contributed by atoms with Crippen LogP contribution in [0.15, 0.2) is 67.0 Å². The average Bonchev–Trinajstić information content (AvgIpc) is 3.07. The zero-order valence-electron chi connectivity index (χ0n) is 15.3. The maximum absolute atomic E-state index is 5.87. The molecule has 0 unspecified atom stereocenters. The molecule has 0 aliphatic carbocycles. The fraction of sp³-hybridized carbons (Fsp3) is 0.286. The molecule has 0 spiro atoms. The number of imidazole rings is 1. The minimum Gasteiger partial charge on any atom is -0.361 e. The van der Waals surface area contributed by atoms with Crippen LogP contribution in [-0.4, -0.2) is 24.2 Å². The van der Waals surface area contributed by atoms with Crippen LogP contribution in [0.1, 0.15) is 0 Å². The number of rotatable bonds is 7. The molecule has 0 radical (unpaired) electrons. The van der Waals surface area contributed by atoms with E-state index in [-0.39, 0.29) is 0 Å². The number of hydrogen-bond acceptors (Lipinski definition) is 2. The zero-order valence-corrected chi connectivity index (χ0v) is 16.3. The first kappa shape index (κ1) is 17.6. The highest BCUT2D eigenvalue weighted by Gasteiger charge is 2.12. The molecular formula is C21H26N2OSi. The molecule has 2 aromatic carbocycles. The summed E-state index contributed by atoms with van der Waals surface area (Å²) in [5.74, 6) is 0.951. The number of benzene rings is 2. The molecule has 130 valence electrons. The third-order valence-electron chi connectivity index (χ3n) is 4.19. The van der Waals surface area contributed by atoms with Gasteiger partial charge in [0.2, 0.25) is 0 Å². The minimum absolute atomic E-state index is 0.556. The Morgan fingerprint density at radius 2 is 1.52 bits per heavy atom. The van der Waals surface area contributed by atoms with Crippen LogP contribution in [0.5, 0.6) is 0 Å². The smallest absolute Gasteiger partial charge is 0.141 e. The standard InChI is InChI=1S/C21H26N2OSi/c1-25(2,3)16-15-24-17-23-14-13-22-21(23)20-11-9-19(10-12-20)18-7-5-4-6-8-18/h4-14H,15-17H2,1-3H3. The summed E-state index contributed by atoms with van der Waals surface area (Å²) in [6.45, 7) is 8.48. The highest BCUT2D eigenvalue weighted by molar-refractivity contribution is 6.76. The van der Waals surface area contributed by atoms with Crippen molar-refractivity contribution in [3.63, 3.8) is 0 Å². The van der Waals surface area contributed by atoms with Crippen molar-refractivity contribution in [1.82, 2.24) is 9.55 Å². The van der Waals surface area contributed by atoms with Crippen molar-refractivity contribution < 1.29 is 4.74 Å². The first-order valence-electron chi connectivity index (χ1n) is 8.78. The molecule has 0 N–H and O–H groups in total. The number of hydrogen-bond donors (Lipinski definition) is 0. The normalized spacial score (nSPS) is 11.6. The third-order valence-corrected chi connectivity index (χ3v) is 5.90. The first-order chi connectivity index (χ1) is 12.0. The van der Waals surface area contributed by atoms with Crippen LogP contribution in [0.25, 0.3) is 22.5 Å². The van der Waals surface area contributed by atoms with E-state index in [1.165, 1.54) is 17.2 Å². The topological polar surface area (TPSA) is 27.1 Å². The molecule has 1 heterocycles. The fourth-order valence-corrected chi connectivity index (χ4v) is 3.41. The molecule has 0 aliphatic rings. The Hall–Kier alpha value is -2.17. The molecule has 0 amide bonds. The fourth-order valence-electron chi connectivity index (χ4n) is 2.66. The SMILES string of the molecule is C[Si](C)(C)CCOCn1ccnc1-c1ccc(-c2ccccc2)cc1. The Bertz CT molecular complexity index is 789. The van der Waals surface area contributed by atoms with Crippen LogP contribution in [0.2, 0.25) is 25.7 Å². The van der Waals surface area contributed by atoms with E-state index in [1.807, 2.05) is 18.5 Å². The van der Waals surface area contributed by atoms with E-state index in [2.05, 4.69) is 77.7 Å². The number of ether oxygens (including phenoxy) is 1. The van der Waals surface area contributed by atoms with Crippen molar-refractivity contribution in [2.75, 3.05) is 6.61 Å². The molecule has 4 heteroatoms. The van der Waals surface area contributed by atoms with E-state index < -0.39 is 8.07 Å². The monoisotopic (exact) mass is 350 g/mol. The Kier molecular flexibility index (Phi) is 5.51. The summed E-state index contributed by atoms with van der Waals surface area (Å²) in [4.78, 5) is 4.51. The Morgan fingerprint density at radius 1 is 0.880 bits per heavy atom. The second kappa shape index (κ2) is 7.81. The molecule has 0 fully saturated rings. The van der Waals surface area contributed by atoms with Crippen LogP contribution in [0, 0.1) is 0 Å². The van der Waals surface area contributed by atoms with Crippen LogP contribution >= 0.6 is 0 Å². The predicted molar refractivity (Wildman–Crippen MR) is 107 cm³/mol. The van der Waals surface area contributed by atoms with Gasteiger partial charge in [0.1, 0.15) is 12.6 Å². The lowest BCUT2D eigenvalue weighted by atomic mass is 10.0. The van der Waals surface area contributed by atoms with Gasteiger partial charge in [-0.25, -0.2) is 4.98 Å². The lowest BCUT2D eigenvalue weighted by molar-refractivity contribution is 0.0883. The molecule has 3 nitrogen and oxygen atoms in total. The van der Waals surface area contributed by atoms with Crippen LogP contribution < -0.4 is 0 Å². The van der Waals surface area contributed by atoms with Gasteiger partial charge < -0.3 is 9.30 Å². The summed E-state index contributed by atoms with van der Waals surface area (Å²) in [6, 6.07) is 20.2. The maximum Gasteiger partial charge on any atom is 0.141 e. The predicted octanol–water partition coefficient (Wildman–Crippen LogP) is 5.53. The van der Waals surface area contributed by atoms with Crippen molar-refractivity contribution >= 4 is 8.07 Å². The number of nitrogens with zero attached hydrogens (tertiary/aromatic N) is 2. The van der Waals surface area contributed by atoms with Crippen LogP contribution in [-0.2, 0) is 11.5 Å². The summed E-state index contributed by atoms with van der Waals surface area (Å²) in [7, 11) is -1.05. The van der Waals surface area contributed by atoms with Gasteiger partial charge in [-0.05, 0) is 17.2 Å². The second-order valence-electron chi connectivity index (χ2n) is 7.51. The van der Waals surface area contributed by atoms with E-state index in [0.717, 1.165) is 18.0 Å². The van der Waals surface area contributed by atoms with Crippen molar-refractivity contribution in [2.24, 2.45) is 0 Å². The van der Waals surface area contributed by atoms with Gasteiger partial charge in [0.05, 0.1) is 0 Å². The van der Waals surface area contributed by atoms with Gasteiger partial charge in [0, 0.05) is 32.6 Å². The van der Waals surface area contributed by atoms with E-state index in [4.69, 9.17) is 4.74 Å². The molecule has 3 rings (SSSR count). The first-order valence-corrected chi connectivity index (χ1v) is 12.5. The quantitative estimate of drug-likeness (QED) is 0.414. The van der Waals surface area contributed by atoms with E-state index >= 15 is 0 Å². The largest absolute Gasteiger partial charge is 0.361 e. The molecule has 1 aromatic heterocycles. The lowest BCUT2D eigenvalue weighted by Crippen LogP contribution is -2.22. The van der Waals surface area contributed by atoms with Crippen molar-refractivity contribution in [3.05, 3.63) is 67.0 Å². The highest BCUT2D eigenvalue weighted by Crippen LogP contribution is 2.24. The summed E-state index contributed by atoms with van der Waals surface area (Å²) < 4.78 is 7.94. The minimum atomic E-state index is -1.05. The van der Waals surface area contributed by atoms with Crippen LogP contribution in [0.4, 0.5) is 0 Å². The van der Waals surface area contributed by atoms with Crippen LogP contribution in [0.3, 0.4) is 0 Å². The molecule has 0 aliphatic heterocycles. The van der Waals surface area contributed by atoms with E-state index in [1.54, 1.807) is 0 Å². The lowest BCUT2D eigenvalue weighted by Gasteiger charge is -2.16. The third kappa shape index (κ3) is 4.90. The summed E-state index contributed by atoms with van der Waals surface area (Å²) >= 11 is 0. The molecule has 0 saturated heterocycles. The van der Waals surface area contributed by atoms with E-state index in [0.29, 0.717) is 6.73 Å². The Morgan fingerprint density at radius 3 is 2.20 bits per heavy atom. The van der Waals surface area contributed by atoms with Gasteiger partial charge in [-0.3, -0.25) is 0 Å². The van der Waals surface area contributed by atoms with Gasteiger partial charge in [0.25, 0.3) is 0 Å². The van der Waals surface area contributed by atoms with Gasteiger partial charge in [-0.2, -0.15) is 0 Å². The summed E-state index contributed by atoms with van der Waals surface area (Å²) in [5.41, 5.74) is 3.55. The van der Waals surface area contributed by atoms with Gasteiger partial charge in [0.15, 0.2) is 0 Å². The summed E-state index contributed by atoms with van der Waals surface area (Å²) in [6.07, 6.45) is 3.82. The molecule has 0 saturated carbocycles. The Labute approximate surface area is 151 Å². The number of aromatic nitrogens is 2. The second-order valence-corrected chi connectivity index (χ2v) is 13.1. The molecule has 3 aromatic rings. The summed E-state index contributed by atoms with van der Waals surface area (Å²) in [5, 5.41) is 0. The van der Waals surface area contributed by atoms with Crippen molar-refractivity contribution in [2.45, 2.75) is 32.4 Å². The van der Waals surface area contributed by atoms with Gasteiger partial charge in [-0.15, -0.1) is 0 Å². The average molecular weight is 351 g/mol. The zero-order chi connectivity index (χ0) is 17.7. The Balaban J connectivity index is 1.68. The van der Waals surface area contributed by atoms with Crippen molar-refractivity contribution in [1.29, 1.82) is 0 Å². The van der Waals surface area contributed by atoms with Gasteiger partial charge in [-0.1, -0.05) is 74.2 Å². The van der Waals surface area contributed by atoms with E-state index in [9.17, 15) is 0 Å². The van der Waals surface area contributed by atoms with Crippen molar-refractivity contribution in [3.8, 4) is 22.5 Å². The maximum atomic E-state index is 5.87.